The number of thiazole rings is 1. The van der Waals surface area contributed by atoms with E-state index in [9.17, 15) is 0 Å². The van der Waals surface area contributed by atoms with Gasteiger partial charge in [0.15, 0.2) is 0 Å². The predicted molar refractivity (Wildman–Crippen MR) is 85.3 cm³/mol. The lowest BCUT2D eigenvalue weighted by Crippen LogP contribution is -2.31. The summed E-state index contributed by atoms with van der Waals surface area (Å²) >= 11 is 1.84. The highest BCUT2D eigenvalue weighted by Crippen LogP contribution is 2.43. The van der Waals surface area contributed by atoms with Crippen molar-refractivity contribution < 1.29 is 4.74 Å². The maximum Gasteiger partial charge on any atom is 0.125 e. The molecule has 0 amide bonds. The van der Waals surface area contributed by atoms with Gasteiger partial charge in [0.25, 0.3) is 0 Å². The third-order valence-corrected chi connectivity index (χ3v) is 5.43. The maximum absolute atomic E-state index is 5.95. The zero-order chi connectivity index (χ0) is 14.8. The van der Waals surface area contributed by atoms with E-state index in [1.165, 1.54) is 34.8 Å². The average molecular weight is 296 g/mol. The molecule has 2 rings (SSSR count). The first-order valence-electron chi connectivity index (χ1n) is 7.63. The highest BCUT2D eigenvalue weighted by Gasteiger charge is 2.38. The summed E-state index contributed by atoms with van der Waals surface area (Å²) in [5.74, 6) is 0. The number of ether oxygens (including phenoxy) is 1. The SMILES string of the molecule is CNCc1sc(C2(OC)CCCCC2)nc1C(C)(C)C. The van der Waals surface area contributed by atoms with Crippen molar-refractivity contribution in [3.63, 3.8) is 0 Å². The van der Waals surface area contributed by atoms with Gasteiger partial charge < -0.3 is 10.1 Å². The minimum Gasteiger partial charge on any atom is -0.371 e. The van der Waals surface area contributed by atoms with Crippen molar-refractivity contribution in [1.82, 2.24) is 10.3 Å². The molecule has 1 aromatic heterocycles. The van der Waals surface area contributed by atoms with Crippen molar-refractivity contribution >= 4 is 11.3 Å². The van der Waals surface area contributed by atoms with Gasteiger partial charge in [-0.1, -0.05) is 40.0 Å². The highest BCUT2D eigenvalue weighted by molar-refractivity contribution is 7.11. The molecular weight excluding hydrogens is 268 g/mol. The monoisotopic (exact) mass is 296 g/mol. The second kappa shape index (κ2) is 6.12. The van der Waals surface area contributed by atoms with Crippen LogP contribution in [0.2, 0.25) is 0 Å². The molecule has 1 saturated carbocycles. The van der Waals surface area contributed by atoms with E-state index in [1.54, 1.807) is 0 Å². The fourth-order valence-electron chi connectivity index (χ4n) is 3.04. The molecule has 0 aliphatic heterocycles. The van der Waals surface area contributed by atoms with Crippen LogP contribution in [0.5, 0.6) is 0 Å². The van der Waals surface area contributed by atoms with E-state index in [0.717, 1.165) is 19.4 Å². The number of nitrogens with zero attached hydrogens (tertiary/aromatic N) is 1. The molecule has 0 spiro atoms. The first-order chi connectivity index (χ1) is 9.43. The lowest BCUT2D eigenvalue weighted by atomic mass is 9.85. The molecule has 0 unspecified atom stereocenters. The number of hydrogen-bond acceptors (Lipinski definition) is 4. The fraction of sp³-hybridized carbons (Fsp3) is 0.812. The van der Waals surface area contributed by atoms with Crippen molar-refractivity contribution in [1.29, 1.82) is 0 Å². The Morgan fingerprint density at radius 2 is 1.90 bits per heavy atom. The molecule has 1 fully saturated rings. The van der Waals surface area contributed by atoms with Crippen LogP contribution < -0.4 is 5.32 Å². The van der Waals surface area contributed by atoms with Gasteiger partial charge in [-0.15, -0.1) is 11.3 Å². The van der Waals surface area contributed by atoms with Crippen LogP contribution in [0.1, 0.15) is 68.5 Å². The Balaban J connectivity index is 2.41. The number of aromatic nitrogens is 1. The average Bonchev–Trinajstić information content (AvgIpc) is 2.84. The molecule has 4 heteroatoms. The summed E-state index contributed by atoms with van der Waals surface area (Å²) < 4.78 is 5.95. The van der Waals surface area contributed by atoms with Gasteiger partial charge in [0.05, 0.1) is 5.69 Å². The molecule has 1 N–H and O–H groups in total. The summed E-state index contributed by atoms with van der Waals surface area (Å²) in [5.41, 5.74) is 1.19. The van der Waals surface area contributed by atoms with Gasteiger partial charge in [0.1, 0.15) is 10.6 Å². The topological polar surface area (TPSA) is 34.1 Å². The molecule has 1 aromatic rings. The van der Waals surface area contributed by atoms with E-state index in [-0.39, 0.29) is 11.0 Å². The van der Waals surface area contributed by atoms with Crippen LogP contribution in [-0.2, 0) is 22.3 Å². The molecule has 1 aliphatic carbocycles. The normalized spacial score (nSPS) is 19.2. The van der Waals surface area contributed by atoms with Crippen LogP contribution in [0.3, 0.4) is 0 Å². The van der Waals surface area contributed by atoms with Gasteiger partial charge in [-0.05, 0) is 19.9 Å². The quantitative estimate of drug-likeness (QED) is 0.913. The van der Waals surface area contributed by atoms with E-state index in [2.05, 4.69) is 26.1 Å². The Bertz CT molecular complexity index is 442. The van der Waals surface area contributed by atoms with Crippen LogP contribution in [0.4, 0.5) is 0 Å². The first-order valence-corrected chi connectivity index (χ1v) is 8.45. The molecular formula is C16H28N2OS. The minimum atomic E-state index is -0.130. The predicted octanol–water partition coefficient (Wildman–Crippen LogP) is 3.97. The van der Waals surface area contributed by atoms with Gasteiger partial charge in [0, 0.05) is 23.9 Å². The molecule has 0 atom stereocenters. The molecule has 1 aliphatic rings. The van der Waals surface area contributed by atoms with Crippen LogP contribution in [0.25, 0.3) is 0 Å². The molecule has 3 nitrogen and oxygen atoms in total. The van der Waals surface area contributed by atoms with Gasteiger partial charge in [0.2, 0.25) is 0 Å². The molecule has 0 bridgehead atoms. The highest BCUT2D eigenvalue weighted by atomic mass is 32.1. The van der Waals surface area contributed by atoms with Crippen LogP contribution in [-0.4, -0.2) is 19.1 Å². The molecule has 0 radical (unpaired) electrons. The first kappa shape index (κ1) is 15.9. The van der Waals surface area contributed by atoms with Crippen molar-refractivity contribution in [2.24, 2.45) is 0 Å². The Hall–Kier alpha value is -0.450. The Morgan fingerprint density at radius 1 is 1.25 bits per heavy atom. The zero-order valence-corrected chi connectivity index (χ0v) is 14.3. The zero-order valence-electron chi connectivity index (χ0n) is 13.5. The van der Waals surface area contributed by atoms with Gasteiger partial charge in [-0.2, -0.15) is 0 Å². The van der Waals surface area contributed by atoms with Crippen molar-refractivity contribution in [2.75, 3.05) is 14.2 Å². The maximum atomic E-state index is 5.95. The summed E-state index contributed by atoms with van der Waals surface area (Å²) in [6.07, 6.45) is 6.05. The number of rotatable bonds is 4. The van der Waals surface area contributed by atoms with E-state index >= 15 is 0 Å². The number of nitrogens with one attached hydrogen (secondary N) is 1. The molecule has 0 saturated heterocycles. The molecule has 1 heterocycles. The standard InChI is InChI=1S/C16H28N2OS/c1-15(2,3)13-12(11-17-4)20-14(18-13)16(19-5)9-7-6-8-10-16/h17H,6-11H2,1-5H3. The van der Waals surface area contributed by atoms with Gasteiger partial charge in [-0.25, -0.2) is 4.98 Å². The third-order valence-electron chi connectivity index (χ3n) is 4.19. The Morgan fingerprint density at radius 3 is 2.40 bits per heavy atom. The van der Waals surface area contributed by atoms with E-state index in [1.807, 2.05) is 25.5 Å². The van der Waals surface area contributed by atoms with Crippen LogP contribution in [0.15, 0.2) is 0 Å². The lowest BCUT2D eigenvalue weighted by molar-refractivity contribution is -0.0447. The Kier molecular flexibility index (Phi) is 4.88. The summed E-state index contributed by atoms with van der Waals surface area (Å²) in [6, 6.07) is 0. The smallest absolute Gasteiger partial charge is 0.125 e. The molecule has 0 aromatic carbocycles. The fourth-order valence-corrected chi connectivity index (χ4v) is 4.55. The van der Waals surface area contributed by atoms with Gasteiger partial charge in [-0.3, -0.25) is 0 Å². The van der Waals surface area contributed by atoms with Crippen LogP contribution >= 0.6 is 11.3 Å². The van der Waals surface area contributed by atoms with Crippen molar-refractivity contribution in [3.8, 4) is 0 Å². The largest absolute Gasteiger partial charge is 0.371 e. The van der Waals surface area contributed by atoms with E-state index in [4.69, 9.17) is 9.72 Å². The second-order valence-corrected chi connectivity index (χ2v) is 7.91. The Labute approximate surface area is 127 Å². The van der Waals surface area contributed by atoms with E-state index in [0.29, 0.717) is 0 Å². The van der Waals surface area contributed by atoms with Crippen molar-refractivity contribution in [2.45, 2.75) is 70.4 Å². The van der Waals surface area contributed by atoms with Crippen molar-refractivity contribution in [3.05, 3.63) is 15.6 Å². The lowest BCUT2D eigenvalue weighted by Gasteiger charge is -2.34. The number of hydrogen-bond donors (Lipinski definition) is 1. The summed E-state index contributed by atoms with van der Waals surface area (Å²) in [6.45, 7) is 7.62. The minimum absolute atomic E-state index is 0.0878. The molecule has 114 valence electrons. The summed E-state index contributed by atoms with van der Waals surface area (Å²) in [4.78, 5) is 6.38. The van der Waals surface area contributed by atoms with E-state index < -0.39 is 0 Å². The summed E-state index contributed by atoms with van der Waals surface area (Å²) in [7, 11) is 3.85. The third kappa shape index (κ3) is 3.07. The number of methoxy groups -OCH3 is 1. The second-order valence-electron chi connectivity index (χ2n) is 6.83. The summed E-state index contributed by atoms with van der Waals surface area (Å²) in [5, 5.41) is 4.46. The van der Waals surface area contributed by atoms with Gasteiger partial charge >= 0.3 is 0 Å². The van der Waals surface area contributed by atoms with Crippen LogP contribution in [0, 0.1) is 0 Å². The molecule has 20 heavy (non-hydrogen) atoms.